The van der Waals surface area contributed by atoms with Crippen LogP contribution in [0.15, 0.2) is 39.4 Å². The van der Waals surface area contributed by atoms with Crippen LogP contribution in [0.1, 0.15) is 17.5 Å². The molecule has 2 rings (SSSR count). The molecule has 2 aromatic rings. The molecule has 0 aliphatic rings. The molecule has 0 atom stereocenters. The molecule has 0 spiro atoms. The third kappa shape index (κ3) is 3.35. The number of halogens is 2. The highest BCUT2D eigenvalue weighted by Crippen LogP contribution is 2.26. The van der Waals surface area contributed by atoms with Crippen LogP contribution in [-0.4, -0.2) is 12.5 Å². The molecule has 0 aliphatic carbocycles. The normalized spacial score (nSPS) is 10.3. The maximum atomic E-state index is 13.1. The van der Waals surface area contributed by atoms with E-state index in [9.17, 15) is 9.18 Å². The number of hydrogen-bond donors (Lipinski definition) is 1. The third-order valence-corrected chi connectivity index (χ3v) is 2.71. The maximum absolute atomic E-state index is 13.1. The van der Waals surface area contributed by atoms with Gasteiger partial charge in [-0.25, -0.2) is 4.39 Å². The standard InChI is InChI=1S/C13H11BrFNO3/c1-2-18-11-7-8(15)3-4-9(11)16-13(17)10-5-6-12(14)19-10/h3-7H,2H2,1H3,(H,16,17). The van der Waals surface area contributed by atoms with Crippen molar-refractivity contribution in [1.82, 2.24) is 0 Å². The van der Waals surface area contributed by atoms with Crippen molar-refractivity contribution in [2.45, 2.75) is 6.92 Å². The number of carbonyl (C=O) groups is 1. The zero-order chi connectivity index (χ0) is 13.8. The SMILES string of the molecule is CCOc1cc(F)ccc1NC(=O)c1ccc(Br)o1. The van der Waals surface area contributed by atoms with Crippen LogP contribution >= 0.6 is 15.9 Å². The molecule has 1 aromatic heterocycles. The van der Waals surface area contributed by atoms with Gasteiger partial charge in [-0.2, -0.15) is 0 Å². The highest BCUT2D eigenvalue weighted by molar-refractivity contribution is 9.10. The summed E-state index contributed by atoms with van der Waals surface area (Å²) in [6.45, 7) is 2.15. The number of amides is 1. The van der Waals surface area contributed by atoms with Crippen molar-refractivity contribution in [2.75, 3.05) is 11.9 Å². The van der Waals surface area contributed by atoms with Crippen molar-refractivity contribution in [3.05, 3.63) is 46.6 Å². The minimum absolute atomic E-state index is 0.152. The van der Waals surface area contributed by atoms with Gasteiger partial charge in [0.15, 0.2) is 10.4 Å². The van der Waals surface area contributed by atoms with E-state index in [4.69, 9.17) is 9.15 Å². The van der Waals surface area contributed by atoms with Crippen molar-refractivity contribution < 1.29 is 18.3 Å². The van der Waals surface area contributed by atoms with Crippen LogP contribution < -0.4 is 10.1 Å². The zero-order valence-electron chi connectivity index (χ0n) is 10.1. The minimum Gasteiger partial charge on any atom is -0.492 e. The second-order valence-corrected chi connectivity index (χ2v) is 4.41. The summed E-state index contributed by atoms with van der Waals surface area (Å²) in [5, 5.41) is 2.61. The first-order valence-electron chi connectivity index (χ1n) is 5.59. The molecule has 19 heavy (non-hydrogen) atoms. The summed E-state index contributed by atoms with van der Waals surface area (Å²) in [4.78, 5) is 11.9. The fourth-order valence-corrected chi connectivity index (χ4v) is 1.80. The molecule has 0 fully saturated rings. The molecular weight excluding hydrogens is 317 g/mol. The molecule has 1 aromatic carbocycles. The third-order valence-electron chi connectivity index (χ3n) is 2.29. The molecule has 1 N–H and O–H groups in total. The Morgan fingerprint density at radius 2 is 2.21 bits per heavy atom. The summed E-state index contributed by atoms with van der Waals surface area (Å²) in [5.74, 6) is -0.430. The Labute approximate surface area is 117 Å². The average molecular weight is 328 g/mol. The quantitative estimate of drug-likeness (QED) is 0.928. The van der Waals surface area contributed by atoms with E-state index in [1.165, 1.54) is 24.3 Å². The first-order valence-corrected chi connectivity index (χ1v) is 6.38. The van der Waals surface area contributed by atoms with Crippen LogP contribution in [-0.2, 0) is 0 Å². The number of benzene rings is 1. The zero-order valence-corrected chi connectivity index (χ0v) is 11.7. The second-order valence-electron chi connectivity index (χ2n) is 3.63. The van der Waals surface area contributed by atoms with Crippen molar-refractivity contribution in [3.8, 4) is 5.75 Å². The van der Waals surface area contributed by atoms with Crippen LogP contribution in [0.3, 0.4) is 0 Å². The molecule has 0 unspecified atom stereocenters. The van der Waals surface area contributed by atoms with Gasteiger partial charge in [0.05, 0.1) is 12.3 Å². The number of carbonyl (C=O) groups excluding carboxylic acids is 1. The molecule has 100 valence electrons. The Morgan fingerprint density at radius 3 is 2.84 bits per heavy atom. The Balaban J connectivity index is 2.20. The summed E-state index contributed by atoms with van der Waals surface area (Å²) in [6.07, 6.45) is 0. The van der Waals surface area contributed by atoms with Crippen LogP contribution in [0.25, 0.3) is 0 Å². The number of furan rings is 1. The van der Waals surface area contributed by atoms with Crippen LogP contribution in [0.5, 0.6) is 5.75 Å². The van der Waals surface area contributed by atoms with Crippen molar-refractivity contribution in [2.24, 2.45) is 0 Å². The number of rotatable bonds is 4. The fourth-order valence-electron chi connectivity index (χ4n) is 1.49. The molecule has 1 heterocycles. The van der Waals surface area contributed by atoms with E-state index in [1.807, 2.05) is 0 Å². The van der Waals surface area contributed by atoms with E-state index in [0.717, 1.165) is 0 Å². The predicted octanol–water partition coefficient (Wildman–Crippen LogP) is 3.83. The minimum atomic E-state index is -0.432. The van der Waals surface area contributed by atoms with Crippen LogP contribution in [0, 0.1) is 5.82 Å². The molecule has 1 amide bonds. The largest absolute Gasteiger partial charge is 0.492 e. The van der Waals surface area contributed by atoms with Crippen molar-refractivity contribution in [3.63, 3.8) is 0 Å². The fraction of sp³-hybridized carbons (Fsp3) is 0.154. The van der Waals surface area contributed by atoms with Gasteiger partial charge in [0.1, 0.15) is 11.6 Å². The highest BCUT2D eigenvalue weighted by atomic mass is 79.9. The van der Waals surface area contributed by atoms with Crippen molar-refractivity contribution in [1.29, 1.82) is 0 Å². The van der Waals surface area contributed by atoms with Gasteiger partial charge in [-0.1, -0.05) is 0 Å². The first kappa shape index (κ1) is 13.6. The maximum Gasteiger partial charge on any atom is 0.291 e. The molecular formula is C13H11BrFNO3. The number of nitrogens with one attached hydrogen (secondary N) is 1. The van der Waals surface area contributed by atoms with Gasteiger partial charge in [-0.15, -0.1) is 0 Å². The first-order chi connectivity index (χ1) is 9.10. The number of anilines is 1. The summed E-state index contributed by atoms with van der Waals surface area (Å²) in [6, 6.07) is 7.05. The van der Waals surface area contributed by atoms with Gasteiger partial charge in [0.2, 0.25) is 0 Å². The van der Waals surface area contributed by atoms with E-state index in [0.29, 0.717) is 17.0 Å². The molecule has 0 radical (unpaired) electrons. The lowest BCUT2D eigenvalue weighted by atomic mass is 10.2. The lowest BCUT2D eigenvalue weighted by Gasteiger charge is -2.10. The van der Waals surface area contributed by atoms with Gasteiger partial charge >= 0.3 is 0 Å². The lowest BCUT2D eigenvalue weighted by Crippen LogP contribution is -2.12. The Morgan fingerprint density at radius 1 is 1.42 bits per heavy atom. The molecule has 0 saturated heterocycles. The van der Waals surface area contributed by atoms with Crippen LogP contribution in [0.4, 0.5) is 10.1 Å². The molecule has 4 nitrogen and oxygen atoms in total. The Bertz CT molecular complexity index is 597. The summed E-state index contributed by atoms with van der Waals surface area (Å²) in [7, 11) is 0. The average Bonchev–Trinajstić information content (AvgIpc) is 2.80. The topological polar surface area (TPSA) is 51.5 Å². The van der Waals surface area contributed by atoms with Gasteiger partial charge in [-0.3, -0.25) is 4.79 Å². The summed E-state index contributed by atoms with van der Waals surface area (Å²) < 4.78 is 24.0. The Kier molecular flexibility index (Phi) is 4.21. The summed E-state index contributed by atoms with van der Waals surface area (Å²) >= 11 is 3.11. The Hall–Kier alpha value is -1.82. The van der Waals surface area contributed by atoms with Gasteiger partial charge in [-0.05, 0) is 47.1 Å². The van der Waals surface area contributed by atoms with Gasteiger partial charge < -0.3 is 14.5 Å². The van der Waals surface area contributed by atoms with E-state index < -0.39 is 11.7 Å². The van der Waals surface area contributed by atoms with E-state index in [2.05, 4.69) is 21.2 Å². The van der Waals surface area contributed by atoms with E-state index in [-0.39, 0.29) is 11.5 Å². The van der Waals surface area contributed by atoms with E-state index >= 15 is 0 Å². The summed E-state index contributed by atoms with van der Waals surface area (Å²) in [5.41, 5.74) is 0.390. The van der Waals surface area contributed by atoms with Gasteiger partial charge in [0, 0.05) is 6.07 Å². The monoisotopic (exact) mass is 327 g/mol. The molecule has 0 bridgehead atoms. The predicted molar refractivity (Wildman–Crippen MR) is 71.9 cm³/mol. The van der Waals surface area contributed by atoms with Crippen molar-refractivity contribution >= 4 is 27.5 Å². The highest BCUT2D eigenvalue weighted by Gasteiger charge is 2.13. The second kappa shape index (κ2) is 5.88. The smallest absolute Gasteiger partial charge is 0.291 e. The number of ether oxygens (including phenoxy) is 1. The molecule has 0 aliphatic heterocycles. The lowest BCUT2D eigenvalue weighted by molar-refractivity contribution is 0.0995. The molecule has 6 heteroatoms. The van der Waals surface area contributed by atoms with Gasteiger partial charge in [0.25, 0.3) is 5.91 Å². The van der Waals surface area contributed by atoms with E-state index in [1.54, 1.807) is 13.0 Å². The van der Waals surface area contributed by atoms with Crippen LogP contribution in [0.2, 0.25) is 0 Å². The number of hydrogen-bond acceptors (Lipinski definition) is 3. The molecule has 0 saturated carbocycles.